The quantitative estimate of drug-likeness (QED) is 0.719. The van der Waals surface area contributed by atoms with E-state index in [1.165, 1.54) is 38.6 Å². The highest BCUT2D eigenvalue weighted by Gasteiger charge is 2.25. The van der Waals surface area contributed by atoms with Gasteiger partial charge in [-0.25, -0.2) is 0 Å². The molecule has 1 aliphatic carbocycles. The Hall–Kier alpha value is -0.590. The zero-order valence-electron chi connectivity index (χ0n) is 13.2. The fourth-order valence-corrected chi connectivity index (χ4v) is 3.19. The summed E-state index contributed by atoms with van der Waals surface area (Å²) in [7, 11) is 4.15. The van der Waals surface area contributed by atoms with Crippen molar-refractivity contribution in [3.8, 4) is 6.07 Å². The van der Waals surface area contributed by atoms with E-state index in [-0.39, 0.29) is 5.54 Å². The highest BCUT2D eigenvalue weighted by atomic mass is 15.1. The van der Waals surface area contributed by atoms with Crippen LogP contribution in [0.1, 0.15) is 58.8 Å². The van der Waals surface area contributed by atoms with E-state index in [0.717, 1.165) is 24.8 Å². The first kappa shape index (κ1) is 16.5. The fraction of sp³-hybridized carbons (Fsp3) is 0.938. The van der Waals surface area contributed by atoms with Gasteiger partial charge in [0.15, 0.2) is 0 Å². The minimum atomic E-state index is -0.350. The van der Waals surface area contributed by atoms with Crippen molar-refractivity contribution in [2.75, 3.05) is 20.6 Å². The summed E-state index contributed by atoms with van der Waals surface area (Å²) in [6.45, 7) is 5.55. The van der Waals surface area contributed by atoms with E-state index in [9.17, 15) is 0 Å². The van der Waals surface area contributed by atoms with Gasteiger partial charge in [0, 0.05) is 6.04 Å². The number of nitriles is 1. The molecule has 0 aromatic carbocycles. The van der Waals surface area contributed by atoms with Crippen molar-refractivity contribution in [3.63, 3.8) is 0 Å². The summed E-state index contributed by atoms with van der Waals surface area (Å²) in [4.78, 5) is 2.55. The lowest BCUT2D eigenvalue weighted by Gasteiger charge is -2.36. The van der Waals surface area contributed by atoms with Crippen LogP contribution in [0.15, 0.2) is 0 Å². The molecule has 110 valence electrons. The minimum absolute atomic E-state index is 0.350. The van der Waals surface area contributed by atoms with Crippen molar-refractivity contribution in [2.45, 2.75) is 70.4 Å². The van der Waals surface area contributed by atoms with E-state index in [2.05, 4.69) is 30.3 Å². The molecule has 0 amide bonds. The first-order chi connectivity index (χ1) is 9.02. The molecule has 3 unspecified atom stereocenters. The Morgan fingerprint density at radius 3 is 2.58 bits per heavy atom. The van der Waals surface area contributed by atoms with Crippen molar-refractivity contribution in [1.82, 2.24) is 10.2 Å². The summed E-state index contributed by atoms with van der Waals surface area (Å²) in [5.41, 5.74) is -0.350. The van der Waals surface area contributed by atoms with Gasteiger partial charge in [-0.3, -0.25) is 0 Å². The van der Waals surface area contributed by atoms with Gasteiger partial charge in [0.1, 0.15) is 5.54 Å². The van der Waals surface area contributed by atoms with Gasteiger partial charge in [0.05, 0.1) is 6.07 Å². The van der Waals surface area contributed by atoms with E-state index in [1.54, 1.807) is 0 Å². The number of rotatable bonds is 7. The molecule has 1 N–H and O–H groups in total. The summed E-state index contributed by atoms with van der Waals surface area (Å²) in [6.07, 6.45) is 8.81. The number of nitrogens with zero attached hydrogens (tertiary/aromatic N) is 2. The Morgan fingerprint density at radius 1 is 1.32 bits per heavy atom. The van der Waals surface area contributed by atoms with Gasteiger partial charge >= 0.3 is 0 Å². The SMILES string of the molecule is CNC(C)(C#N)CCCCN(C)C1CCCCC1C. The lowest BCUT2D eigenvalue weighted by molar-refractivity contribution is 0.137. The normalized spacial score (nSPS) is 26.9. The summed E-state index contributed by atoms with van der Waals surface area (Å²) >= 11 is 0. The first-order valence-corrected chi connectivity index (χ1v) is 7.83. The summed E-state index contributed by atoms with van der Waals surface area (Å²) < 4.78 is 0. The van der Waals surface area contributed by atoms with E-state index in [1.807, 2.05) is 14.0 Å². The number of unbranched alkanes of at least 4 members (excludes halogenated alkanes) is 1. The summed E-state index contributed by atoms with van der Waals surface area (Å²) in [6, 6.07) is 3.14. The molecule has 0 radical (unpaired) electrons. The molecule has 0 aromatic rings. The number of hydrogen-bond acceptors (Lipinski definition) is 3. The number of hydrogen-bond donors (Lipinski definition) is 1. The monoisotopic (exact) mass is 265 g/mol. The molecule has 19 heavy (non-hydrogen) atoms. The lowest BCUT2D eigenvalue weighted by Crippen LogP contribution is -2.40. The molecule has 0 aromatic heterocycles. The van der Waals surface area contributed by atoms with Crippen LogP contribution in [0, 0.1) is 17.2 Å². The summed E-state index contributed by atoms with van der Waals surface area (Å²) in [5.74, 6) is 0.848. The molecule has 3 heteroatoms. The largest absolute Gasteiger partial charge is 0.303 e. The maximum absolute atomic E-state index is 9.11. The van der Waals surface area contributed by atoms with Crippen molar-refractivity contribution >= 4 is 0 Å². The van der Waals surface area contributed by atoms with Crippen molar-refractivity contribution in [2.24, 2.45) is 5.92 Å². The van der Waals surface area contributed by atoms with E-state index in [0.29, 0.717) is 0 Å². The van der Waals surface area contributed by atoms with Crippen LogP contribution in [-0.2, 0) is 0 Å². The summed E-state index contributed by atoms with van der Waals surface area (Å²) in [5, 5.41) is 12.2. The zero-order valence-corrected chi connectivity index (χ0v) is 13.2. The Kier molecular flexibility index (Phi) is 6.82. The predicted molar refractivity (Wildman–Crippen MR) is 81.0 cm³/mol. The first-order valence-electron chi connectivity index (χ1n) is 7.83. The van der Waals surface area contributed by atoms with Gasteiger partial charge in [-0.05, 0) is 65.6 Å². The third kappa shape index (κ3) is 5.12. The highest BCUT2D eigenvalue weighted by Crippen LogP contribution is 2.27. The van der Waals surface area contributed by atoms with Crippen molar-refractivity contribution < 1.29 is 0 Å². The average molecular weight is 265 g/mol. The molecular formula is C16H31N3. The topological polar surface area (TPSA) is 39.1 Å². The van der Waals surface area contributed by atoms with Gasteiger partial charge in [-0.2, -0.15) is 5.26 Å². The fourth-order valence-electron chi connectivity index (χ4n) is 3.19. The van der Waals surface area contributed by atoms with E-state index in [4.69, 9.17) is 5.26 Å². The zero-order chi connectivity index (χ0) is 14.3. The predicted octanol–water partition coefficient (Wildman–Crippen LogP) is 3.17. The third-order valence-corrected chi connectivity index (χ3v) is 4.87. The van der Waals surface area contributed by atoms with E-state index < -0.39 is 0 Å². The third-order valence-electron chi connectivity index (χ3n) is 4.87. The van der Waals surface area contributed by atoms with Crippen LogP contribution in [0.3, 0.4) is 0 Å². The van der Waals surface area contributed by atoms with Gasteiger partial charge < -0.3 is 10.2 Å². The highest BCUT2D eigenvalue weighted by molar-refractivity contribution is 5.02. The van der Waals surface area contributed by atoms with Crippen LogP contribution < -0.4 is 5.32 Å². The number of nitrogens with one attached hydrogen (secondary N) is 1. The van der Waals surface area contributed by atoms with Crippen LogP contribution in [0.2, 0.25) is 0 Å². The van der Waals surface area contributed by atoms with Gasteiger partial charge in [-0.15, -0.1) is 0 Å². The maximum Gasteiger partial charge on any atom is 0.103 e. The molecule has 3 atom stereocenters. The second-order valence-corrected chi connectivity index (χ2v) is 6.46. The molecule has 1 aliphatic rings. The molecule has 0 bridgehead atoms. The Labute approximate surface area is 119 Å². The second kappa shape index (κ2) is 7.87. The average Bonchev–Trinajstić information content (AvgIpc) is 2.43. The molecule has 1 saturated carbocycles. The van der Waals surface area contributed by atoms with Crippen molar-refractivity contribution in [3.05, 3.63) is 0 Å². The molecule has 0 saturated heterocycles. The molecule has 0 spiro atoms. The molecule has 0 aliphatic heterocycles. The smallest absolute Gasteiger partial charge is 0.103 e. The molecule has 0 heterocycles. The van der Waals surface area contributed by atoms with Crippen LogP contribution in [-0.4, -0.2) is 37.1 Å². The minimum Gasteiger partial charge on any atom is -0.303 e. The van der Waals surface area contributed by atoms with Crippen molar-refractivity contribution in [1.29, 1.82) is 5.26 Å². The molecule has 1 fully saturated rings. The Balaban J connectivity index is 2.23. The molecule has 1 rings (SSSR count). The lowest BCUT2D eigenvalue weighted by atomic mass is 9.85. The van der Waals surface area contributed by atoms with Gasteiger partial charge in [-0.1, -0.05) is 19.8 Å². The van der Waals surface area contributed by atoms with Crippen LogP contribution >= 0.6 is 0 Å². The maximum atomic E-state index is 9.11. The standard InChI is InChI=1S/C16H31N3/c1-14-9-5-6-10-15(14)19(4)12-8-7-11-16(2,13-17)18-3/h14-15,18H,5-12H2,1-4H3. The van der Waals surface area contributed by atoms with Crippen LogP contribution in [0.5, 0.6) is 0 Å². The molecular weight excluding hydrogens is 234 g/mol. The molecule has 3 nitrogen and oxygen atoms in total. The Bertz CT molecular complexity index is 297. The Morgan fingerprint density at radius 2 is 2.00 bits per heavy atom. The van der Waals surface area contributed by atoms with Crippen LogP contribution in [0.4, 0.5) is 0 Å². The van der Waals surface area contributed by atoms with Crippen LogP contribution in [0.25, 0.3) is 0 Å². The van der Waals surface area contributed by atoms with Gasteiger partial charge in [0.25, 0.3) is 0 Å². The second-order valence-electron chi connectivity index (χ2n) is 6.46. The van der Waals surface area contributed by atoms with Gasteiger partial charge in [0.2, 0.25) is 0 Å². The van der Waals surface area contributed by atoms with E-state index >= 15 is 0 Å².